The molecule has 2 aromatic rings. The van der Waals surface area contributed by atoms with Crippen LogP contribution in [0.5, 0.6) is 0 Å². The van der Waals surface area contributed by atoms with Gasteiger partial charge in [0.1, 0.15) is 4.75 Å². The van der Waals surface area contributed by atoms with E-state index in [1.165, 1.54) is 28.7 Å². The molecule has 126 valence electrons. The van der Waals surface area contributed by atoms with Crippen molar-refractivity contribution in [3.8, 4) is 11.1 Å². The number of thioether (sulfide) groups is 1. The van der Waals surface area contributed by atoms with E-state index in [4.69, 9.17) is 0 Å². The van der Waals surface area contributed by atoms with Gasteiger partial charge >= 0.3 is 0 Å². The summed E-state index contributed by atoms with van der Waals surface area (Å²) in [6, 6.07) is 17.6. The zero-order chi connectivity index (χ0) is 17.2. The molecule has 2 aromatic carbocycles. The standard InChI is InChI=1S/C23H22OS/c1-20(2)18-12-13-21(20,3)19(24)23(18)22(25-23)16-10-6-4-8-14(16)15-9-5-7-11-17(15)22/h4-11,18H,12-13H2,1-3H3/t18-,21-,23-/m0/s1. The van der Waals surface area contributed by atoms with Gasteiger partial charge in [0.05, 0.1) is 4.75 Å². The molecule has 0 radical (unpaired) electrons. The maximum absolute atomic E-state index is 13.8. The molecule has 0 amide bonds. The molecule has 0 unspecified atom stereocenters. The van der Waals surface area contributed by atoms with Crippen LogP contribution in [0, 0.1) is 16.7 Å². The van der Waals surface area contributed by atoms with Crippen LogP contribution in [0.1, 0.15) is 44.7 Å². The van der Waals surface area contributed by atoms with E-state index in [9.17, 15) is 4.79 Å². The van der Waals surface area contributed by atoms with Gasteiger partial charge in [0.2, 0.25) is 0 Å². The Morgan fingerprint density at radius 2 is 1.48 bits per heavy atom. The van der Waals surface area contributed by atoms with Crippen LogP contribution in [-0.2, 0) is 9.54 Å². The first-order valence-corrected chi connectivity index (χ1v) is 10.2. The Hall–Kier alpha value is -1.54. The van der Waals surface area contributed by atoms with Crippen LogP contribution < -0.4 is 0 Å². The van der Waals surface area contributed by atoms with Gasteiger partial charge in [-0.25, -0.2) is 0 Å². The van der Waals surface area contributed by atoms with E-state index in [-0.39, 0.29) is 20.3 Å². The minimum absolute atomic E-state index is 0.0903. The number of hydrogen-bond acceptors (Lipinski definition) is 2. The highest BCUT2D eigenvalue weighted by atomic mass is 32.2. The van der Waals surface area contributed by atoms with E-state index in [1.807, 2.05) is 11.8 Å². The smallest absolute Gasteiger partial charge is 0.157 e. The van der Waals surface area contributed by atoms with E-state index in [1.54, 1.807) is 0 Å². The lowest BCUT2D eigenvalue weighted by Crippen LogP contribution is -2.40. The van der Waals surface area contributed by atoms with Crippen LogP contribution in [0.4, 0.5) is 0 Å². The Morgan fingerprint density at radius 1 is 0.920 bits per heavy atom. The molecule has 3 aliphatic carbocycles. The normalized spacial score (nSPS) is 37.6. The molecule has 4 aliphatic rings. The molecule has 3 fully saturated rings. The van der Waals surface area contributed by atoms with Gasteiger partial charge in [-0.2, -0.15) is 0 Å². The average molecular weight is 346 g/mol. The number of Topliss-reactive ketones (excluding diaryl/α,β-unsaturated/α-hetero) is 1. The summed E-state index contributed by atoms with van der Waals surface area (Å²) in [6.07, 6.45) is 2.25. The van der Waals surface area contributed by atoms with Crippen LogP contribution in [0.2, 0.25) is 0 Å². The second-order valence-electron chi connectivity index (χ2n) is 9.08. The zero-order valence-electron chi connectivity index (χ0n) is 14.9. The number of hydrogen-bond donors (Lipinski definition) is 0. The van der Waals surface area contributed by atoms with Gasteiger partial charge in [0, 0.05) is 5.41 Å². The largest absolute Gasteiger partial charge is 0.297 e. The highest BCUT2D eigenvalue weighted by Gasteiger charge is 2.89. The first-order valence-electron chi connectivity index (χ1n) is 9.36. The zero-order valence-corrected chi connectivity index (χ0v) is 15.7. The minimum Gasteiger partial charge on any atom is -0.297 e. The molecule has 0 N–H and O–H groups in total. The van der Waals surface area contributed by atoms with Crippen molar-refractivity contribution >= 4 is 17.5 Å². The topological polar surface area (TPSA) is 17.1 Å². The molecule has 2 heteroatoms. The van der Waals surface area contributed by atoms with Crippen molar-refractivity contribution in [1.82, 2.24) is 0 Å². The van der Waals surface area contributed by atoms with Crippen molar-refractivity contribution in [2.75, 3.05) is 0 Å². The summed E-state index contributed by atoms with van der Waals surface area (Å²) < 4.78 is -0.385. The molecule has 2 saturated carbocycles. The lowest BCUT2D eigenvalue weighted by atomic mass is 9.70. The fourth-order valence-corrected chi connectivity index (χ4v) is 8.97. The molecule has 2 spiro atoms. The molecular weight excluding hydrogens is 324 g/mol. The molecule has 1 aliphatic heterocycles. The Morgan fingerprint density at radius 3 is 2.00 bits per heavy atom. The third kappa shape index (κ3) is 1.20. The quantitative estimate of drug-likeness (QED) is 0.592. The van der Waals surface area contributed by atoms with E-state index < -0.39 is 0 Å². The van der Waals surface area contributed by atoms with Gasteiger partial charge < -0.3 is 0 Å². The van der Waals surface area contributed by atoms with Crippen LogP contribution in [0.25, 0.3) is 11.1 Å². The Labute approximate surface area is 153 Å². The van der Waals surface area contributed by atoms with Gasteiger partial charge in [-0.3, -0.25) is 4.79 Å². The Bertz CT molecular complexity index is 928. The minimum atomic E-state index is -0.244. The third-order valence-corrected chi connectivity index (χ3v) is 10.2. The summed E-state index contributed by atoms with van der Waals surface area (Å²) in [5.74, 6) is 1.000. The van der Waals surface area contributed by atoms with E-state index in [0.29, 0.717) is 11.7 Å². The summed E-state index contributed by atoms with van der Waals surface area (Å²) in [5.41, 5.74) is 5.35. The van der Waals surface area contributed by atoms with Gasteiger partial charge in [0.25, 0.3) is 0 Å². The lowest BCUT2D eigenvalue weighted by molar-refractivity contribution is -0.129. The van der Waals surface area contributed by atoms with Crippen LogP contribution in [0.15, 0.2) is 48.5 Å². The third-order valence-electron chi connectivity index (χ3n) is 8.25. The van der Waals surface area contributed by atoms with E-state index in [0.717, 1.165) is 6.42 Å². The van der Waals surface area contributed by atoms with Gasteiger partial charge in [-0.1, -0.05) is 69.3 Å². The van der Waals surface area contributed by atoms with Crippen molar-refractivity contribution in [2.24, 2.45) is 16.7 Å². The number of carbonyl (C=O) groups excluding carboxylic acids is 1. The second kappa shape index (κ2) is 3.91. The first-order chi connectivity index (χ1) is 11.9. The average Bonchev–Trinajstić information content (AvgIpc) is 3.09. The number of fused-ring (bicyclic) bond motifs is 9. The van der Waals surface area contributed by atoms with E-state index in [2.05, 4.69) is 69.3 Å². The molecule has 6 rings (SSSR count). The number of rotatable bonds is 0. The van der Waals surface area contributed by atoms with Crippen LogP contribution in [-0.4, -0.2) is 10.5 Å². The van der Waals surface area contributed by atoms with Crippen molar-refractivity contribution in [3.05, 3.63) is 59.7 Å². The van der Waals surface area contributed by atoms with Crippen LogP contribution in [0.3, 0.4) is 0 Å². The maximum atomic E-state index is 13.8. The molecule has 0 aromatic heterocycles. The summed E-state index contributed by atoms with van der Waals surface area (Å²) in [5, 5.41) is 0. The predicted molar refractivity (Wildman–Crippen MR) is 103 cm³/mol. The summed E-state index contributed by atoms with van der Waals surface area (Å²) in [4.78, 5) is 13.8. The van der Waals surface area contributed by atoms with Crippen molar-refractivity contribution in [2.45, 2.75) is 43.1 Å². The Balaban J connectivity index is 1.67. The lowest BCUT2D eigenvalue weighted by Gasteiger charge is -2.32. The first kappa shape index (κ1) is 14.6. The fourth-order valence-electron chi connectivity index (χ4n) is 6.63. The molecule has 1 saturated heterocycles. The summed E-state index contributed by atoms with van der Waals surface area (Å²) in [7, 11) is 0. The fraction of sp³-hybridized carbons (Fsp3) is 0.435. The predicted octanol–water partition coefficient (Wildman–Crippen LogP) is 5.42. The highest BCUT2D eigenvalue weighted by Crippen LogP contribution is 2.89. The summed E-state index contributed by atoms with van der Waals surface area (Å²) in [6.45, 7) is 6.93. The maximum Gasteiger partial charge on any atom is 0.157 e. The molecule has 1 heterocycles. The van der Waals surface area contributed by atoms with Gasteiger partial charge in [-0.15, -0.1) is 11.8 Å². The summed E-state index contributed by atoms with van der Waals surface area (Å²) >= 11 is 1.96. The SMILES string of the molecule is CC1(C)[C@@H]2CC[C@@]1(C)C(=O)[C@@]21SC12c1ccccc1-c1ccccc12. The van der Waals surface area contributed by atoms with Crippen LogP contribution >= 0.6 is 11.8 Å². The molecule has 2 bridgehead atoms. The highest BCUT2D eigenvalue weighted by molar-refractivity contribution is 8.10. The van der Waals surface area contributed by atoms with Gasteiger partial charge in [0.15, 0.2) is 5.78 Å². The Kier molecular flexibility index (Phi) is 2.28. The molecule has 3 atom stereocenters. The van der Waals surface area contributed by atoms with Crippen molar-refractivity contribution in [3.63, 3.8) is 0 Å². The molecule has 1 nitrogen and oxygen atoms in total. The molecule has 25 heavy (non-hydrogen) atoms. The second-order valence-corrected chi connectivity index (χ2v) is 10.5. The number of carbonyl (C=O) groups is 1. The number of benzene rings is 2. The monoisotopic (exact) mass is 346 g/mol. The van der Waals surface area contributed by atoms with Gasteiger partial charge in [-0.05, 0) is 46.4 Å². The van der Waals surface area contributed by atoms with E-state index >= 15 is 0 Å². The van der Waals surface area contributed by atoms with Crippen molar-refractivity contribution in [1.29, 1.82) is 0 Å². The van der Waals surface area contributed by atoms with Crippen molar-refractivity contribution < 1.29 is 4.79 Å². The number of ketones is 1. The molecular formula is C23H22OS.